The molecule has 0 radical (unpaired) electrons. The Morgan fingerprint density at radius 2 is 0.941 bits per heavy atom. The maximum Gasteiger partial charge on any atom is 0.320 e. The first-order valence-electron chi connectivity index (χ1n) is 10.6. The van der Waals surface area contributed by atoms with Crippen molar-refractivity contribution < 1.29 is 38.9 Å². The number of nitrogens with zero attached hydrogens (tertiary/aromatic N) is 2. The maximum atomic E-state index is 12.2. The molecular formula is C24H28N2O8. The van der Waals surface area contributed by atoms with E-state index in [0.29, 0.717) is 0 Å². The van der Waals surface area contributed by atoms with Crippen LogP contribution in [0.15, 0.2) is 60.7 Å². The van der Waals surface area contributed by atoms with Crippen LogP contribution in [0.2, 0.25) is 0 Å². The molecule has 2 aromatic rings. The predicted octanol–water partition coefficient (Wildman–Crippen LogP) is 1.25. The second-order valence-electron chi connectivity index (χ2n) is 7.50. The number of hydrogen-bond acceptors (Lipinski definition) is 8. The molecule has 0 fully saturated rings. The first kappa shape index (κ1) is 26.5. The van der Waals surface area contributed by atoms with Gasteiger partial charge in [0.1, 0.15) is 13.2 Å². The molecule has 0 saturated heterocycles. The zero-order chi connectivity index (χ0) is 24.8. The van der Waals surface area contributed by atoms with Gasteiger partial charge in [0.05, 0.1) is 26.2 Å². The predicted molar refractivity (Wildman–Crippen MR) is 121 cm³/mol. The minimum Gasteiger partial charge on any atom is -0.480 e. The molecule has 0 amide bonds. The summed E-state index contributed by atoms with van der Waals surface area (Å²) >= 11 is 0. The third kappa shape index (κ3) is 11.2. The van der Waals surface area contributed by atoms with Gasteiger partial charge in [0.15, 0.2) is 0 Å². The van der Waals surface area contributed by atoms with E-state index in [9.17, 15) is 19.2 Å². The molecule has 0 aliphatic rings. The number of rotatable bonds is 15. The van der Waals surface area contributed by atoms with E-state index in [1.165, 1.54) is 9.80 Å². The number of carboxylic acids is 2. The van der Waals surface area contributed by atoms with Crippen molar-refractivity contribution in [2.24, 2.45) is 0 Å². The van der Waals surface area contributed by atoms with Crippen molar-refractivity contribution >= 4 is 23.9 Å². The first-order chi connectivity index (χ1) is 16.3. The number of aliphatic carboxylic acids is 2. The molecule has 0 aliphatic heterocycles. The monoisotopic (exact) mass is 472 g/mol. The molecule has 0 spiro atoms. The Labute approximate surface area is 197 Å². The van der Waals surface area contributed by atoms with E-state index >= 15 is 0 Å². The summed E-state index contributed by atoms with van der Waals surface area (Å²) in [5.41, 5.74) is 1.59. The summed E-state index contributed by atoms with van der Waals surface area (Å²) in [5.74, 6) is -3.53. The molecule has 0 atom stereocenters. The average Bonchev–Trinajstić information content (AvgIpc) is 2.80. The van der Waals surface area contributed by atoms with Crippen LogP contribution < -0.4 is 0 Å². The van der Waals surface area contributed by atoms with Crippen molar-refractivity contribution in [2.75, 3.05) is 39.3 Å². The van der Waals surface area contributed by atoms with E-state index in [0.717, 1.165) is 11.1 Å². The molecule has 10 heteroatoms. The molecule has 0 aromatic heterocycles. The fraction of sp³-hybridized carbons (Fsp3) is 0.333. The number of hydrogen-bond donors (Lipinski definition) is 2. The van der Waals surface area contributed by atoms with Crippen LogP contribution in [0, 0.1) is 0 Å². The molecule has 10 nitrogen and oxygen atoms in total. The summed E-state index contributed by atoms with van der Waals surface area (Å²) in [5, 5.41) is 18.3. The van der Waals surface area contributed by atoms with E-state index in [1.54, 1.807) is 24.3 Å². The number of ether oxygens (including phenoxy) is 2. The Kier molecular flexibility index (Phi) is 11.2. The van der Waals surface area contributed by atoms with Crippen LogP contribution in [0.25, 0.3) is 0 Å². The Bertz CT molecular complexity index is 859. The Balaban J connectivity index is 1.87. The molecule has 2 N–H and O–H groups in total. The van der Waals surface area contributed by atoms with Gasteiger partial charge < -0.3 is 19.7 Å². The van der Waals surface area contributed by atoms with E-state index in [4.69, 9.17) is 19.7 Å². The molecule has 0 heterocycles. The van der Waals surface area contributed by atoms with Gasteiger partial charge in [0, 0.05) is 13.1 Å². The molecular weight excluding hydrogens is 444 g/mol. The Morgan fingerprint density at radius 1 is 0.588 bits per heavy atom. The highest BCUT2D eigenvalue weighted by molar-refractivity contribution is 5.75. The van der Waals surface area contributed by atoms with Gasteiger partial charge in [0.2, 0.25) is 0 Å². The van der Waals surface area contributed by atoms with Crippen LogP contribution >= 0.6 is 0 Å². The summed E-state index contributed by atoms with van der Waals surface area (Å²) in [6.45, 7) is -1.30. The summed E-state index contributed by atoms with van der Waals surface area (Å²) in [6.07, 6.45) is 0. The van der Waals surface area contributed by atoms with Crippen molar-refractivity contribution in [3.8, 4) is 0 Å². The third-order valence-corrected chi connectivity index (χ3v) is 4.64. The topological polar surface area (TPSA) is 134 Å². The first-order valence-corrected chi connectivity index (χ1v) is 10.6. The lowest BCUT2D eigenvalue weighted by Gasteiger charge is -2.24. The molecule has 0 bridgehead atoms. The van der Waals surface area contributed by atoms with Crippen molar-refractivity contribution in [1.29, 1.82) is 0 Å². The fourth-order valence-electron chi connectivity index (χ4n) is 3.03. The highest BCUT2D eigenvalue weighted by atomic mass is 16.5. The average molecular weight is 472 g/mol. The maximum absolute atomic E-state index is 12.2. The SMILES string of the molecule is O=C(O)CN(CCN(CC(=O)O)CC(=O)OCc1ccccc1)CC(=O)OCc1ccccc1. The quantitative estimate of drug-likeness (QED) is 0.365. The van der Waals surface area contributed by atoms with Crippen molar-refractivity contribution in [3.63, 3.8) is 0 Å². The zero-order valence-electron chi connectivity index (χ0n) is 18.7. The fourth-order valence-corrected chi connectivity index (χ4v) is 3.03. The van der Waals surface area contributed by atoms with Gasteiger partial charge >= 0.3 is 23.9 Å². The second kappa shape index (κ2) is 14.4. The summed E-state index contributed by atoms with van der Waals surface area (Å²) in [4.78, 5) is 49.4. The van der Waals surface area contributed by atoms with E-state index in [-0.39, 0.29) is 39.4 Å². The van der Waals surface area contributed by atoms with Crippen LogP contribution in [0.4, 0.5) is 0 Å². The standard InChI is InChI=1S/C24H28N2O8/c27-21(28)13-25(15-23(31)33-17-19-7-3-1-4-8-19)11-12-26(14-22(29)30)16-24(32)34-18-20-9-5-2-6-10-20/h1-10H,11-18H2,(H,27,28)(H,29,30). The van der Waals surface area contributed by atoms with Crippen LogP contribution in [-0.4, -0.2) is 83.2 Å². The van der Waals surface area contributed by atoms with E-state index in [1.807, 2.05) is 36.4 Å². The van der Waals surface area contributed by atoms with Crippen LogP contribution in [0.1, 0.15) is 11.1 Å². The van der Waals surface area contributed by atoms with Gasteiger partial charge in [-0.05, 0) is 11.1 Å². The minimum absolute atomic E-state index is 0.0337. The minimum atomic E-state index is -1.15. The van der Waals surface area contributed by atoms with Gasteiger partial charge in [-0.15, -0.1) is 0 Å². The number of carbonyl (C=O) groups excluding carboxylic acids is 2. The molecule has 0 unspecified atom stereocenters. The lowest BCUT2D eigenvalue weighted by Crippen LogP contribution is -2.43. The van der Waals surface area contributed by atoms with E-state index < -0.39 is 37.0 Å². The van der Waals surface area contributed by atoms with Crippen molar-refractivity contribution in [2.45, 2.75) is 13.2 Å². The summed E-state index contributed by atoms with van der Waals surface area (Å²) in [7, 11) is 0. The lowest BCUT2D eigenvalue weighted by atomic mass is 10.2. The third-order valence-electron chi connectivity index (χ3n) is 4.64. The highest BCUT2D eigenvalue weighted by Crippen LogP contribution is 2.03. The molecule has 34 heavy (non-hydrogen) atoms. The number of carboxylic acid groups (broad SMARTS) is 2. The van der Waals surface area contributed by atoms with Gasteiger partial charge in [-0.1, -0.05) is 60.7 Å². The summed E-state index contributed by atoms with van der Waals surface area (Å²) in [6, 6.07) is 18.1. The van der Waals surface area contributed by atoms with E-state index in [2.05, 4.69) is 0 Å². The van der Waals surface area contributed by atoms with Crippen LogP contribution in [0.3, 0.4) is 0 Å². The smallest absolute Gasteiger partial charge is 0.320 e. The van der Waals surface area contributed by atoms with Gasteiger partial charge in [-0.2, -0.15) is 0 Å². The Morgan fingerprint density at radius 3 is 1.26 bits per heavy atom. The van der Waals surface area contributed by atoms with Gasteiger partial charge in [0.25, 0.3) is 0 Å². The molecule has 2 rings (SSSR count). The number of carbonyl (C=O) groups is 4. The number of benzene rings is 2. The molecule has 0 aliphatic carbocycles. The van der Waals surface area contributed by atoms with Gasteiger partial charge in [-0.25, -0.2) is 0 Å². The largest absolute Gasteiger partial charge is 0.480 e. The Hall–Kier alpha value is -3.76. The highest BCUT2D eigenvalue weighted by Gasteiger charge is 2.20. The number of esters is 2. The van der Waals surface area contributed by atoms with Crippen molar-refractivity contribution in [3.05, 3.63) is 71.8 Å². The second-order valence-corrected chi connectivity index (χ2v) is 7.50. The van der Waals surface area contributed by atoms with Crippen LogP contribution in [-0.2, 0) is 41.9 Å². The molecule has 2 aromatic carbocycles. The van der Waals surface area contributed by atoms with Crippen molar-refractivity contribution in [1.82, 2.24) is 9.80 Å². The summed E-state index contributed by atoms with van der Waals surface area (Å²) < 4.78 is 10.4. The molecule has 182 valence electrons. The molecule has 0 saturated carbocycles. The normalized spacial score (nSPS) is 10.8. The lowest BCUT2D eigenvalue weighted by molar-refractivity contribution is -0.150. The zero-order valence-corrected chi connectivity index (χ0v) is 18.7. The van der Waals surface area contributed by atoms with Crippen LogP contribution in [0.5, 0.6) is 0 Å². The van der Waals surface area contributed by atoms with Gasteiger partial charge in [-0.3, -0.25) is 29.0 Å².